The number of unbranched alkanes of at least 4 members (excludes halogenated alkanes) is 6. The number of hydrogen-bond donors (Lipinski definition) is 0. The van der Waals surface area contributed by atoms with Gasteiger partial charge in [-0.2, -0.15) is 9.49 Å². The lowest BCUT2D eigenvalue weighted by Crippen LogP contribution is -2.20. The Bertz CT molecular complexity index is 3080. The summed E-state index contributed by atoms with van der Waals surface area (Å²) >= 11 is 1.51. The van der Waals surface area contributed by atoms with Crippen LogP contribution >= 0.6 is 11.3 Å². The minimum atomic E-state index is -1.13. The molecule has 0 bridgehead atoms. The van der Waals surface area contributed by atoms with Gasteiger partial charge in [0.15, 0.2) is 0 Å². The summed E-state index contributed by atoms with van der Waals surface area (Å²) in [6.45, 7) is 14.6. The van der Waals surface area contributed by atoms with Crippen LogP contribution in [0.1, 0.15) is 100 Å². The number of carbonyl (C=O) groups is 3. The van der Waals surface area contributed by atoms with Crippen molar-refractivity contribution in [2.45, 2.75) is 85.2 Å². The molecule has 7 rings (SSSR count). The number of ether oxygens (including phenoxy) is 6. The van der Waals surface area contributed by atoms with Gasteiger partial charge in [-0.05, 0) is 148 Å². The van der Waals surface area contributed by atoms with E-state index in [0.29, 0.717) is 84.7 Å². The van der Waals surface area contributed by atoms with Crippen molar-refractivity contribution in [1.82, 2.24) is 4.98 Å². The third-order valence-corrected chi connectivity index (χ3v) is 13.1. The summed E-state index contributed by atoms with van der Waals surface area (Å²) in [6.07, 6.45) is 7.29. The van der Waals surface area contributed by atoms with Crippen LogP contribution in [-0.2, 0) is 25.7 Å². The van der Waals surface area contributed by atoms with Crippen molar-refractivity contribution in [2.75, 3.05) is 38.0 Å². The van der Waals surface area contributed by atoms with Crippen LogP contribution in [0, 0.1) is 0 Å². The smallest absolute Gasteiger partial charge is 0.366 e. The summed E-state index contributed by atoms with van der Waals surface area (Å²) in [5.41, 5.74) is 5.76. The second-order valence-electron chi connectivity index (χ2n) is 18.0. The van der Waals surface area contributed by atoms with Crippen LogP contribution in [0.4, 0.5) is 9.52 Å². The van der Waals surface area contributed by atoms with Crippen molar-refractivity contribution in [3.8, 4) is 34.1 Å². The first kappa shape index (κ1) is 54.9. The second kappa shape index (κ2) is 28.0. The monoisotopic (exact) mass is 1030 g/mol. The molecule has 0 amide bonds. The Morgan fingerprint density at radius 2 is 1.27 bits per heavy atom. The number of fused-ring (bicyclic) bond motifs is 3. The second-order valence-corrected chi connectivity index (χ2v) is 19.0. The largest absolute Gasteiger partial charge is 0.494 e. The molecule has 0 spiro atoms. The molecule has 0 saturated heterocycles. The molecule has 0 unspecified atom stereocenters. The predicted octanol–water partition coefficient (Wildman–Crippen LogP) is 14.6. The summed E-state index contributed by atoms with van der Waals surface area (Å²) in [5, 5.41) is 9.77. The third kappa shape index (κ3) is 16.3. The number of nitrogens with zero attached hydrogens (tertiary/aromatic N) is 3. The van der Waals surface area contributed by atoms with E-state index in [1.54, 1.807) is 43.3 Å². The molecule has 14 heteroatoms. The van der Waals surface area contributed by atoms with E-state index in [9.17, 15) is 18.8 Å². The average Bonchev–Trinajstić information content (AvgIpc) is 3.87. The zero-order valence-electron chi connectivity index (χ0n) is 42.9. The number of aromatic nitrogens is 1. The Labute approximate surface area is 442 Å². The van der Waals surface area contributed by atoms with E-state index in [-0.39, 0.29) is 24.9 Å². The summed E-state index contributed by atoms with van der Waals surface area (Å²) < 4.78 is 48.7. The molecule has 75 heavy (non-hydrogen) atoms. The van der Waals surface area contributed by atoms with Crippen molar-refractivity contribution in [3.05, 3.63) is 169 Å². The highest BCUT2D eigenvalue weighted by Gasteiger charge is 2.19. The standard InChI is InChI=1S/C61H64FN3O9S/c1-6-7-36-69-50-28-23-47(24-29-50)46-21-19-45(20-22-46)41-73-52-32-33-55(74-60(68)49-25-30-51(31-26-49)70-37-14-8-9-15-38-71-58(66)42(2)3)54(40-52)44(5)64-65(35-13-10-16-39-72-59(67)43(4)62)61-63-57-53-18-12-11-17-48(53)27-34-56(57)75-61/h11-12,17-34,40H,2,4,6-10,13-16,35-39,41H2,1,3,5H3/b64-44+. The number of halogens is 1. The summed E-state index contributed by atoms with van der Waals surface area (Å²) in [7, 11) is 0. The SMILES string of the molecule is C=C(C)C(=O)OCCCCCCOc1ccc(C(=O)Oc2ccc(OCc3ccc(-c4ccc(OCCCC)cc4)cc3)cc2/C(C)=N/N(CCCCCOC(=O)C(=C)F)c2nc3c(ccc4ccccc43)s2)cc1. The van der Waals surface area contributed by atoms with Gasteiger partial charge in [-0.25, -0.2) is 24.4 Å². The van der Waals surface area contributed by atoms with Crippen LogP contribution in [0.5, 0.6) is 23.0 Å². The van der Waals surface area contributed by atoms with Gasteiger partial charge in [0.25, 0.3) is 0 Å². The van der Waals surface area contributed by atoms with Crippen molar-refractivity contribution in [1.29, 1.82) is 0 Å². The van der Waals surface area contributed by atoms with E-state index in [1.165, 1.54) is 11.3 Å². The summed E-state index contributed by atoms with van der Waals surface area (Å²) in [6, 6.07) is 40.7. The molecule has 12 nitrogen and oxygen atoms in total. The van der Waals surface area contributed by atoms with Crippen LogP contribution in [0.25, 0.3) is 32.1 Å². The fraction of sp³-hybridized carbons (Fsp3) is 0.295. The summed E-state index contributed by atoms with van der Waals surface area (Å²) in [5.74, 6) is -0.833. The zero-order chi connectivity index (χ0) is 52.9. The normalized spacial score (nSPS) is 11.3. The molecule has 0 fully saturated rings. The van der Waals surface area contributed by atoms with Crippen LogP contribution in [0.15, 0.2) is 157 Å². The van der Waals surface area contributed by atoms with Gasteiger partial charge in [0.1, 0.15) is 29.6 Å². The quantitative estimate of drug-likeness (QED) is 0.0111. The first-order chi connectivity index (χ1) is 36.4. The maximum absolute atomic E-state index is 13.9. The van der Waals surface area contributed by atoms with Crippen LogP contribution in [0.2, 0.25) is 0 Å². The molecule has 0 aliphatic rings. The Kier molecular flexibility index (Phi) is 20.5. The lowest BCUT2D eigenvalue weighted by molar-refractivity contribution is -0.141. The van der Waals surface area contributed by atoms with E-state index in [2.05, 4.69) is 68.6 Å². The van der Waals surface area contributed by atoms with Gasteiger partial charge in [-0.15, -0.1) is 0 Å². The van der Waals surface area contributed by atoms with Gasteiger partial charge in [0, 0.05) is 23.1 Å². The fourth-order valence-electron chi connectivity index (χ4n) is 7.86. The van der Waals surface area contributed by atoms with Gasteiger partial charge in [0.05, 0.1) is 47.9 Å². The molecule has 6 aromatic carbocycles. The molecule has 0 aliphatic heterocycles. The van der Waals surface area contributed by atoms with E-state index in [1.807, 2.05) is 54.4 Å². The topological polar surface area (TPSA) is 135 Å². The van der Waals surface area contributed by atoms with Crippen molar-refractivity contribution in [2.24, 2.45) is 5.10 Å². The highest BCUT2D eigenvalue weighted by Crippen LogP contribution is 2.35. The Hall–Kier alpha value is -7.84. The maximum atomic E-state index is 13.9. The van der Waals surface area contributed by atoms with Gasteiger partial charge >= 0.3 is 17.9 Å². The number of anilines is 1. The Balaban J connectivity index is 1.09. The maximum Gasteiger partial charge on any atom is 0.366 e. The highest BCUT2D eigenvalue weighted by molar-refractivity contribution is 7.22. The molecular weight excluding hydrogens is 970 g/mol. The molecule has 390 valence electrons. The number of thiazole rings is 1. The number of rotatable bonds is 29. The lowest BCUT2D eigenvalue weighted by Gasteiger charge is -2.19. The number of hydrogen-bond acceptors (Lipinski definition) is 13. The number of hydrazone groups is 1. The van der Waals surface area contributed by atoms with Gasteiger partial charge in [-0.1, -0.05) is 105 Å². The van der Waals surface area contributed by atoms with E-state index >= 15 is 0 Å². The number of esters is 3. The Morgan fingerprint density at radius 1 is 0.653 bits per heavy atom. The molecule has 1 heterocycles. The Morgan fingerprint density at radius 3 is 1.95 bits per heavy atom. The predicted molar refractivity (Wildman–Crippen MR) is 296 cm³/mol. The molecule has 0 aliphatic carbocycles. The molecule has 0 N–H and O–H groups in total. The molecule has 0 atom stereocenters. The third-order valence-electron chi connectivity index (χ3n) is 12.1. The number of carbonyl (C=O) groups excluding carboxylic acids is 3. The highest BCUT2D eigenvalue weighted by atomic mass is 32.1. The van der Waals surface area contributed by atoms with Crippen LogP contribution < -0.4 is 24.0 Å². The minimum absolute atomic E-state index is 0.0561. The molecular formula is C61H64FN3O9S. The lowest BCUT2D eigenvalue weighted by atomic mass is 10.0. The first-order valence-electron chi connectivity index (χ1n) is 25.5. The van der Waals surface area contributed by atoms with Crippen LogP contribution in [-0.4, -0.2) is 61.6 Å². The van der Waals surface area contributed by atoms with Crippen molar-refractivity contribution >= 4 is 61.1 Å². The molecule has 1 aromatic heterocycles. The van der Waals surface area contributed by atoms with Crippen molar-refractivity contribution in [3.63, 3.8) is 0 Å². The zero-order valence-corrected chi connectivity index (χ0v) is 43.8. The first-order valence-corrected chi connectivity index (χ1v) is 26.3. The molecule has 7 aromatic rings. The summed E-state index contributed by atoms with van der Waals surface area (Å²) in [4.78, 5) is 42.2. The minimum Gasteiger partial charge on any atom is -0.494 e. The van der Waals surface area contributed by atoms with E-state index in [4.69, 9.17) is 38.5 Å². The van der Waals surface area contributed by atoms with Gasteiger partial charge in [0.2, 0.25) is 11.0 Å². The molecule has 0 saturated carbocycles. The van der Waals surface area contributed by atoms with E-state index in [0.717, 1.165) is 82.0 Å². The average molecular weight is 1030 g/mol. The van der Waals surface area contributed by atoms with Gasteiger partial charge < -0.3 is 28.4 Å². The van der Waals surface area contributed by atoms with E-state index < -0.39 is 17.8 Å². The van der Waals surface area contributed by atoms with Gasteiger partial charge in [-0.3, -0.25) is 0 Å². The molecule has 0 radical (unpaired) electrons. The van der Waals surface area contributed by atoms with Crippen LogP contribution in [0.3, 0.4) is 0 Å². The van der Waals surface area contributed by atoms with Crippen molar-refractivity contribution < 1.29 is 47.2 Å². The number of benzene rings is 6. The fourth-order valence-corrected chi connectivity index (χ4v) is 8.82.